The van der Waals surface area contributed by atoms with Gasteiger partial charge in [-0.05, 0) is 37.1 Å². The number of carbonyl (C=O) groups excluding carboxylic acids is 1. The summed E-state index contributed by atoms with van der Waals surface area (Å²) >= 11 is 1.50. The van der Waals surface area contributed by atoms with Crippen molar-refractivity contribution in [1.82, 2.24) is 10.2 Å². The predicted molar refractivity (Wildman–Crippen MR) is 97.1 cm³/mol. The smallest absolute Gasteiger partial charge is 0.318 e. The molecule has 2 fully saturated rings. The molecule has 144 valence electrons. The summed E-state index contributed by atoms with van der Waals surface area (Å²) in [6.07, 6.45) is 2.42. The first-order valence-electron chi connectivity index (χ1n) is 9.13. The first-order chi connectivity index (χ1) is 12.5. The van der Waals surface area contributed by atoms with E-state index in [9.17, 15) is 14.7 Å². The maximum absolute atomic E-state index is 12.7. The van der Waals surface area contributed by atoms with Crippen LogP contribution in [0.25, 0.3) is 0 Å². The van der Waals surface area contributed by atoms with Crippen LogP contribution in [0.2, 0.25) is 0 Å². The number of urea groups is 1. The van der Waals surface area contributed by atoms with Crippen LogP contribution >= 0.6 is 11.3 Å². The summed E-state index contributed by atoms with van der Waals surface area (Å²) < 4.78 is 5.52. The summed E-state index contributed by atoms with van der Waals surface area (Å²) in [5.41, 5.74) is 0. The van der Waals surface area contributed by atoms with Gasteiger partial charge in [-0.15, -0.1) is 11.3 Å². The molecule has 2 unspecified atom stereocenters. The molecule has 1 aliphatic heterocycles. The number of hydrogen-bond acceptors (Lipinski definition) is 5. The lowest BCUT2D eigenvalue weighted by atomic mass is 9.86. The summed E-state index contributed by atoms with van der Waals surface area (Å²) in [4.78, 5) is 26.4. The second-order valence-corrected chi connectivity index (χ2v) is 8.00. The number of ether oxygens (including phenoxy) is 1. The second kappa shape index (κ2) is 8.83. The largest absolute Gasteiger partial charge is 0.481 e. The van der Waals surface area contributed by atoms with Gasteiger partial charge >= 0.3 is 12.0 Å². The molecule has 0 bridgehead atoms. The Morgan fingerprint density at radius 3 is 2.77 bits per heavy atom. The summed E-state index contributed by atoms with van der Waals surface area (Å²) in [6, 6.07) is 3.50. The Kier molecular flexibility index (Phi) is 6.50. The Morgan fingerprint density at radius 1 is 1.35 bits per heavy atom. The summed E-state index contributed by atoms with van der Waals surface area (Å²) in [7, 11) is 0. The van der Waals surface area contributed by atoms with Crippen molar-refractivity contribution in [2.24, 2.45) is 5.92 Å². The highest BCUT2D eigenvalue weighted by atomic mass is 32.1. The Labute approximate surface area is 157 Å². The number of amides is 2. The third-order valence-electron chi connectivity index (χ3n) is 5.26. The van der Waals surface area contributed by atoms with E-state index in [-0.39, 0.29) is 24.0 Å². The predicted octanol–water partition coefficient (Wildman–Crippen LogP) is 2.23. The quantitative estimate of drug-likeness (QED) is 0.725. The van der Waals surface area contributed by atoms with Gasteiger partial charge in [0.2, 0.25) is 0 Å². The molecule has 7 nitrogen and oxygen atoms in total. The zero-order valence-electron chi connectivity index (χ0n) is 14.7. The molecule has 0 radical (unpaired) electrons. The van der Waals surface area contributed by atoms with Crippen molar-refractivity contribution in [1.29, 1.82) is 0 Å². The lowest BCUT2D eigenvalue weighted by molar-refractivity contribution is -0.142. The minimum atomic E-state index is -0.745. The highest BCUT2D eigenvalue weighted by Gasteiger charge is 2.32. The van der Waals surface area contributed by atoms with Gasteiger partial charge in [-0.25, -0.2) is 4.79 Å². The molecule has 3 N–H and O–H groups in total. The van der Waals surface area contributed by atoms with Crippen LogP contribution in [0.15, 0.2) is 17.5 Å². The monoisotopic (exact) mass is 382 g/mol. The highest BCUT2D eigenvalue weighted by molar-refractivity contribution is 7.10. The molecular formula is C18H26N2O5S. The Balaban J connectivity index is 1.53. The minimum absolute atomic E-state index is 0.0174. The number of aliphatic hydroxyl groups excluding tert-OH is 1. The first-order valence-corrected chi connectivity index (χ1v) is 10.0. The molecule has 26 heavy (non-hydrogen) atoms. The first kappa shape index (κ1) is 19.1. The van der Waals surface area contributed by atoms with Crippen LogP contribution in [-0.2, 0) is 9.53 Å². The standard InChI is InChI=1S/C18H26N2O5S/c21-15(16-2-1-9-26-16)10-14-11-25-8-7-20(14)18(24)19-13-5-3-12(4-6-13)17(22)23/h1-2,9,12-15,21H,3-8,10-11H2,(H,19,24)(H,22,23). The second-order valence-electron chi connectivity index (χ2n) is 7.03. The fourth-order valence-corrected chi connectivity index (χ4v) is 4.44. The number of aliphatic hydroxyl groups is 1. The van der Waals surface area contributed by atoms with Gasteiger partial charge in [-0.1, -0.05) is 6.07 Å². The highest BCUT2D eigenvalue weighted by Crippen LogP contribution is 2.27. The van der Waals surface area contributed by atoms with E-state index in [2.05, 4.69) is 5.32 Å². The maximum atomic E-state index is 12.7. The lowest BCUT2D eigenvalue weighted by Gasteiger charge is -2.38. The number of aliphatic carboxylic acids is 1. The van der Waals surface area contributed by atoms with E-state index >= 15 is 0 Å². The van der Waals surface area contributed by atoms with Crippen molar-refractivity contribution in [2.75, 3.05) is 19.8 Å². The average Bonchev–Trinajstić information content (AvgIpc) is 3.17. The number of nitrogens with one attached hydrogen (secondary N) is 1. The summed E-state index contributed by atoms with van der Waals surface area (Å²) in [6.45, 7) is 1.41. The van der Waals surface area contributed by atoms with Crippen LogP contribution in [-0.4, -0.2) is 59.0 Å². The maximum Gasteiger partial charge on any atom is 0.318 e. The van der Waals surface area contributed by atoms with Crippen molar-refractivity contribution in [2.45, 2.75) is 50.3 Å². The molecule has 8 heteroatoms. The fraction of sp³-hybridized carbons (Fsp3) is 0.667. The van der Waals surface area contributed by atoms with Crippen molar-refractivity contribution in [3.8, 4) is 0 Å². The van der Waals surface area contributed by atoms with Gasteiger partial charge in [-0.3, -0.25) is 4.79 Å². The number of hydrogen-bond donors (Lipinski definition) is 3. The van der Waals surface area contributed by atoms with E-state index < -0.39 is 12.1 Å². The van der Waals surface area contributed by atoms with Crippen LogP contribution in [0.1, 0.15) is 43.1 Å². The molecule has 1 aliphatic carbocycles. The fourth-order valence-electron chi connectivity index (χ4n) is 3.71. The molecule has 1 aromatic heterocycles. The van der Waals surface area contributed by atoms with E-state index in [1.54, 1.807) is 4.90 Å². The molecule has 2 atom stereocenters. The zero-order chi connectivity index (χ0) is 18.5. The van der Waals surface area contributed by atoms with Crippen LogP contribution in [0.3, 0.4) is 0 Å². The van der Waals surface area contributed by atoms with Gasteiger partial charge in [-0.2, -0.15) is 0 Å². The third-order valence-corrected chi connectivity index (χ3v) is 6.23. The van der Waals surface area contributed by atoms with Crippen LogP contribution in [0, 0.1) is 5.92 Å². The van der Waals surface area contributed by atoms with Gasteiger partial charge in [0.15, 0.2) is 0 Å². The Morgan fingerprint density at radius 2 is 2.12 bits per heavy atom. The SMILES string of the molecule is O=C(O)C1CCC(NC(=O)N2CCOCC2CC(O)c2cccs2)CC1. The van der Waals surface area contributed by atoms with Crippen LogP contribution < -0.4 is 5.32 Å². The number of thiophene rings is 1. The lowest BCUT2D eigenvalue weighted by Crippen LogP contribution is -2.55. The normalized spacial score (nSPS) is 27.7. The van der Waals surface area contributed by atoms with E-state index in [1.807, 2.05) is 17.5 Å². The van der Waals surface area contributed by atoms with Crippen molar-refractivity contribution < 1.29 is 24.5 Å². The van der Waals surface area contributed by atoms with Gasteiger partial charge in [0, 0.05) is 23.9 Å². The van der Waals surface area contributed by atoms with Crippen LogP contribution in [0.5, 0.6) is 0 Å². The van der Waals surface area contributed by atoms with Gasteiger partial charge in [0.1, 0.15) is 0 Å². The van der Waals surface area contributed by atoms with Crippen LogP contribution in [0.4, 0.5) is 4.79 Å². The number of rotatable bonds is 5. The van der Waals surface area contributed by atoms with Crippen molar-refractivity contribution in [3.05, 3.63) is 22.4 Å². The van der Waals surface area contributed by atoms with E-state index in [1.165, 1.54) is 11.3 Å². The third kappa shape index (κ3) is 4.75. The molecule has 2 aliphatic rings. The molecule has 2 amide bonds. The Bertz CT molecular complexity index is 601. The molecule has 1 saturated carbocycles. The van der Waals surface area contributed by atoms with Gasteiger partial charge in [0.05, 0.1) is 31.3 Å². The van der Waals surface area contributed by atoms with Crippen molar-refractivity contribution in [3.63, 3.8) is 0 Å². The summed E-state index contributed by atoms with van der Waals surface area (Å²) in [5.74, 6) is -1.04. The number of morpholine rings is 1. The zero-order valence-corrected chi connectivity index (χ0v) is 15.5. The number of nitrogens with zero attached hydrogens (tertiary/aromatic N) is 1. The van der Waals surface area contributed by atoms with Crippen molar-refractivity contribution >= 4 is 23.3 Å². The summed E-state index contributed by atoms with van der Waals surface area (Å²) in [5, 5.41) is 24.4. The average molecular weight is 382 g/mol. The van der Waals surface area contributed by atoms with E-state index in [4.69, 9.17) is 9.84 Å². The number of carboxylic acid groups (broad SMARTS) is 1. The molecule has 2 heterocycles. The van der Waals surface area contributed by atoms with Gasteiger partial charge < -0.3 is 25.2 Å². The molecule has 3 rings (SSSR count). The van der Waals surface area contributed by atoms with Gasteiger partial charge in [0.25, 0.3) is 0 Å². The Hall–Kier alpha value is -1.64. The molecule has 1 aromatic rings. The van der Waals surface area contributed by atoms with E-state index in [0.29, 0.717) is 51.9 Å². The molecule has 1 saturated heterocycles. The molecule has 0 spiro atoms. The number of carbonyl (C=O) groups is 2. The van der Waals surface area contributed by atoms with E-state index in [0.717, 1.165) is 4.88 Å². The molecule has 0 aromatic carbocycles. The minimum Gasteiger partial charge on any atom is -0.481 e. The topological polar surface area (TPSA) is 99.1 Å². The molecular weight excluding hydrogens is 356 g/mol. The number of carboxylic acids is 1.